The third kappa shape index (κ3) is 1.75. The summed E-state index contributed by atoms with van der Waals surface area (Å²) in [5, 5.41) is 3.21. The van der Waals surface area contributed by atoms with Gasteiger partial charge in [0.25, 0.3) is 5.56 Å². The highest BCUT2D eigenvalue weighted by molar-refractivity contribution is 5.55. The quantitative estimate of drug-likeness (QED) is 0.813. The third-order valence-corrected chi connectivity index (χ3v) is 3.34. The van der Waals surface area contributed by atoms with Gasteiger partial charge in [-0.2, -0.15) is 0 Å². The van der Waals surface area contributed by atoms with Crippen LogP contribution in [0.5, 0.6) is 0 Å². The van der Waals surface area contributed by atoms with E-state index in [1.54, 1.807) is 11.6 Å². The van der Waals surface area contributed by atoms with Crippen LogP contribution < -0.4 is 10.9 Å². The fraction of sp³-hybridized carbons (Fsp3) is 0.286. The van der Waals surface area contributed by atoms with Gasteiger partial charge in [0.1, 0.15) is 5.82 Å². The highest BCUT2D eigenvalue weighted by Gasteiger charge is 2.17. The first kappa shape index (κ1) is 11.2. The molecule has 0 aliphatic carbocycles. The molecule has 4 heteroatoms. The van der Waals surface area contributed by atoms with Crippen LogP contribution in [-0.4, -0.2) is 16.1 Å². The number of nitrogens with zero attached hydrogens (tertiary/aromatic N) is 2. The molecule has 0 saturated carbocycles. The Morgan fingerprint density at radius 1 is 1.28 bits per heavy atom. The van der Waals surface area contributed by atoms with Gasteiger partial charge in [0, 0.05) is 32.1 Å². The molecule has 0 radical (unpaired) electrons. The van der Waals surface area contributed by atoms with Crippen molar-refractivity contribution < 1.29 is 0 Å². The molecule has 1 aromatic heterocycles. The monoisotopic (exact) mass is 241 g/mol. The Balaban J connectivity index is 2.23. The number of nitrogens with one attached hydrogen (secondary N) is 1. The molecule has 2 heterocycles. The summed E-state index contributed by atoms with van der Waals surface area (Å²) in [5.41, 5.74) is 2.80. The molecule has 0 amide bonds. The Kier molecular flexibility index (Phi) is 2.72. The predicted molar refractivity (Wildman–Crippen MR) is 70.3 cm³/mol. The van der Waals surface area contributed by atoms with Crippen molar-refractivity contribution in [3.8, 4) is 11.4 Å². The maximum atomic E-state index is 12.3. The van der Waals surface area contributed by atoms with Crippen LogP contribution >= 0.6 is 0 Å². The molecule has 0 spiro atoms. The van der Waals surface area contributed by atoms with E-state index in [2.05, 4.69) is 10.3 Å². The van der Waals surface area contributed by atoms with Crippen LogP contribution in [0, 0.1) is 0 Å². The molecular formula is C14H15N3O. The first-order valence-electron chi connectivity index (χ1n) is 6.12. The average molecular weight is 241 g/mol. The minimum Gasteiger partial charge on any atom is -0.312 e. The summed E-state index contributed by atoms with van der Waals surface area (Å²) in [6.45, 7) is 1.52. The van der Waals surface area contributed by atoms with E-state index >= 15 is 0 Å². The van der Waals surface area contributed by atoms with Gasteiger partial charge in [0.05, 0.1) is 11.3 Å². The van der Waals surface area contributed by atoms with E-state index in [4.69, 9.17) is 0 Å². The van der Waals surface area contributed by atoms with Crippen LogP contribution in [-0.2, 0) is 20.0 Å². The normalized spacial score (nSPS) is 14.3. The summed E-state index contributed by atoms with van der Waals surface area (Å²) >= 11 is 0. The molecule has 0 atom stereocenters. The van der Waals surface area contributed by atoms with Gasteiger partial charge in [-0.3, -0.25) is 9.36 Å². The average Bonchev–Trinajstić information content (AvgIpc) is 2.44. The molecule has 0 fully saturated rings. The summed E-state index contributed by atoms with van der Waals surface area (Å²) in [6.07, 6.45) is 0.825. The molecule has 1 aliphatic rings. The van der Waals surface area contributed by atoms with Crippen LogP contribution in [0.4, 0.5) is 0 Å². The lowest BCUT2D eigenvalue weighted by atomic mass is 10.1. The van der Waals surface area contributed by atoms with Gasteiger partial charge in [0.2, 0.25) is 0 Å². The van der Waals surface area contributed by atoms with Crippen LogP contribution in [0.1, 0.15) is 11.3 Å². The molecule has 18 heavy (non-hydrogen) atoms. The zero-order valence-corrected chi connectivity index (χ0v) is 10.3. The summed E-state index contributed by atoms with van der Waals surface area (Å²) < 4.78 is 1.64. The smallest absolute Gasteiger partial charge is 0.258 e. The van der Waals surface area contributed by atoms with Gasteiger partial charge >= 0.3 is 0 Å². The van der Waals surface area contributed by atoms with Crippen molar-refractivity contribution in [2.24, 2.45) is 7.05 Å². The predicted octanol–water partition coefficient (Wildman–Crippen LogP) is 1.09. The summed E-state index contributed by atoms with van der Waals surface area (Å²) in [6, 6.07) is 9.85. The van der Waals surface area contributed by atoms with E-state index < -0.39 is 0 Å². The number of benzene rings is 1. The van der Waals surface area contributed by atoms with Gasteiger partial charge < -0.3 is 5.32 Å². The van der Waals surface area contributed by atoms with Crippen molar-refractivity contribution >= 4 is 0 Å². The first-order valence-corrected chi connectivity index (χ1v) is 6.12. The molecule has 1 aliphatic heterocycles. The van der Waals surface area contributed by atoms with E-state index in [-0.39, 0.29) is 5.56 Å². The highest BCUT2D eigenvalue weighted by atomic mass is 16.1. The highest BCUT2D eigenvalue weighted by Crippen LogP contribution is 2.17. The molecule has 2 aromatic rings. The maximum Gasteiger partial charge on any atom is 0.258 e. The van der Waals surface area contributed by atoms with Crippen molar-refractivity contribution in [1.29, 1.82) is 0 Å². The van der Waals surface area contributed by atoms with Gasteiger partial charge in [-0.1, -0.05) is 30.3 Å². The molecule has 1 aromatic carbocycles. The Bertz CT molecular complexity index is 631. The largest absolute Gasteiger partial charge is 0.312 e. The maximum absolute atomic E-state index is 12.3. The third-order valence-electron chi connectivity index (χ3n) is 3.34. The van der Waals surface area contributed by atoms with Crippen LogP contribution in [0.15, 0.2) is 35.1 Å². The Hall–Kier alpha value is -1.94. The first-order chi connectivity index (χ1) is 8.77. The minimum atomic E-state index is 0.0612. The molecule has 0 unspecified atom stereocenters. The van der Waals surface area contributed by atoms with E-state index in [1.165, 1.54) is 0 Å². The fourth-order valence-electron chi connectivity index (χ4n) is 2.34. The topological polar surface area (TPSA) is 46.9 Å². The Morgan fingerprint density at radius 2 is 2.06 bits per heavy atom. The van der Waals surface area contributed by atoms with Gasteiger partial charge in [-0.15, -0.1) is 0 Å². The Labute approximate surface area is 105 Å². The second-order valence-electron chi connectivity index (χ2n) is 4.52. The minimum absolute atomic E-state index is 0.0612. The van der Waals surface area contributed by atoms with Crippen LogP contribution in [0.25, 0.3) is 11.4 Å². The zero-order chi connectivity index (χ0) is 12.5. The number of hydrogen-bond donors (Lipinski definition) is 1. The van der Waals surface area contributed by atoms with Crippen molar-refractivity contribution in [1.82, 2.24) is 14.9 Å². The van der Waals surface area contributed by atoms with Crippen molar-refractivity contribution in [2.75, 3.05) is 6.54 Å². The van der Waals surface area contributed by atoms with Crippen LogP contribution in [0.2, 0.25) is 0 Å². The molecule has 0 saturated heterocycles. The van der Waals surface area contributed by atoms with Gasteiger partial charge in [-0.25, -0.2) is 4.98 Å². The summed E-state index contributed by atoms with van der Waals surface area (Å²) in [4.78, 5) is 17.0. The lowest BCUT2D eigenvalue weighted by molar-refractivity contribution is 0.608. The second-order valence-corrected chi connectivity index (χ2v) is 4.52. The van der Waals surface area contributed by atoms with E-state index in [1.807, 2.05) is 30.3 Å². The molecule has 1 N–H and O–H groups in total. The summed E-state index contributed by atoms with van der Waals surface area (Å²) in [7, 11) is 1.78. The molecule has 92 valence electrons. The lowest BCUT2D eigenvalue weighted by Crippen LogP contribution is -2.34. The van der Waals surface area contributed by atoms with Crippen LogP contribution in [0.3, 0.4) is 0 Å². The Morgan fingerprint density at radius 3 is 2.83 bits per heavy atom. The van der Waals surface area contributed by atoms with E-state index in [0.717, 1.165) is 35.6 Å². The van der Waals surface area contributed by atoms with E-state index in [0.29, 0.717) is 6.54 Å². The number of fused-ring (bicyclic) bond motifs is 1. The number of hydrogen-bond acceptors (Lipinski definition) is 3. The van der Waals surface area contributed by atoms with Gasteiger partial charge in [0.15, 0.2) is 0 Å². The van der Waals surface area contributed by atoms with Gasteiger partial charge in [-0.05, 0) is 0 Å². The number of aromatic nitrogens is 2. The fourth-order valence-corrected chi connectivity index (χ4v) is 2.34. The molecule has 4 nitrogen and oxygen atoms in total. The zero-order valence-electron chi connectivity index (χ0n) is 10.3. The van der Waals surface area contributed by atoms with E-state index in [9.17, 15) is 4.79 Å². The SMILES string of the molecule is Cn1c(-c2ccccc2)nc2c(c1=O)CNCC2. The molecule has 0 bridgehead atoms. The van der Waals surface area contributed by atoms with Crippen molar-refractivity contribution in [2.45, 2.75) is 13.0 Å². The summed E-state index contributed by atoms with van der Waals surface area (Å²) in [5.74, 6) is 0.751. The number of rotatable bonds is 1. The second kappa shape index (κ2) is 4.38. The molecule has 3 rings (SSSR count). The van der Waals surface area contributed by atoms with Crippen molar-refractivity contribution in [3.05, 3.63) is 51.9 Å². The standard InChI is InChI=1S/C14H15N3O/c1-17-13(10-5-3-2-4-6-10)16-12-7-8-15-9-11(12)14(17)18/h2-6,15H,7-9H2,1H3. The molecular weight excluding hydrogens is 226 g/mol. The lowest BCUT2D eigenvalue weighted by Gasteiger charge is -2.18. The van der Waals surface area contributed by atoms with Crippen molar-refractivity contribution in [3.63, 3.8) is 0 Å².